The molecule has 11 heteroatoms. The smallest absolute Gasteiger partial charge is 0.333 e. The summed E-state index contributed by atoms with van der Waals surface area (Å²) in [6.07, 6.45) is -6.47. The zero-order valence-electron chi connectivity index (χ0n) is 21.3. The molecule has 0 spiro atoms. The van der Waals surface area contributed by atoms with Crippen molar-refractivity contribution < 1.29 is 49.0 Å². The minimum absolute atomic E-state index is 0.00806. The van der Waals surface area contributed by atoms with Crippen LogP contribution in [0.4, 0.5) is 0 Å². The van der Waals surface area contributed by atoms with Gasteiger partial charge in [0.1, 0.15) is 23.3 Å². The largest absolute Gasteiger partial charge is 0.507 e. The Hall–Kier alpha value is -3.77. The fraction of sp³-hybridized carbons (Fsp3) is 0.393. The number of carbonyl (C=O) groups is 3. The first-order valence-electron chi connectivity index (χ1n) is 12.6. The Bertz CT molecular complexity index is 1450. The molecule has 0 radical (unpaired) electrons. The van der Waals surface area contributed by atoms with Gasteiger partial charge in [-0.3, -0.25) is 9.59 Å². The van der Waals surface area contributed by atoms with Crippen molar-refractivity contribution in [3.8, 4) is 11.5 Å². The van der Waals surface area contributed by atoms with Crippen molar-refractivity contribution >= 4 is 23.1 Å². The average molecular weight is 538 g/mol. The van der Waals surface area contributed by atoms with Crippen LogP contribution in [0.3, 0.4) is 0 Å². The van der Waals surface area contributed by atoms with Crippen molar-refractivity contribution in [2.45, 2.75) is 70.2 Å². The highest BCUT2D eigenvalue weighted by Crippen LogP contribution is 2.52. The SMILES string of the molecule is Cc1cc(O)c2c(c1)[C@H]1OC(=O)[C@H]([C@@H](C)O)N1C1=C2C(=O)c2cccc(O[C@H]3C[C@@H](O)[C@@H](O)[C@H](C)O3)c2C1=O. The Morgan fingerprint density at radius 2 is 1.85 bits per heavy atom. The highest BCUT2D eigenvalue weighted by Gasteiger charge is 2.55. The number of Topliss-reactive ketones (excluding diaryl/α,β-unsaturated/α-hetero) is 2. The molecular weight excluding hydrogens is 510 g/mol. The molecule has 0 bridgehead atoms. The molecule has 7 atom stereocenters. The lowest BCUT2D eigenvalue weighted by atomic mass is 9.78. The quantitative estimate of drug-likeness (QED) is 0.418. The predicted molar refractivity (Wildman–Crippen MR) is 133 cm³/mol. The van der Waals surface area contributed by atoms with Gasteiger partial charge in [-0.15, -0.1) is 0 Å². The van der Waals surface area contributed by atoms with Gasteiger partial charge < -0.3 is 39.5 Å². The number of phenolic OH excluding ortho intramolecular Hbond substituents is 1. The molecule has 4 N–H and O–H groups in total. The molecule has 0 aromatic heterocycles. The van der Waals surface area contributed by atoms with Crippen LogP contribution in [0.25, 0.3) is 5.57 Å². The van der Waals surface area contributed by atoms with Gasteiger partial charge in [0.2, 0.25) is 18.3 Å². The van der Waals surface area contributed by atoms with Gasteiger partial charge in [0.25, 0.3) is 0 Å². The fourth-order valence-electron chi connectivity index (χ4n) is 5.90. The topological polar surface area (TPSA) is 163 Å². The third-order valence-electron chi connectivity index (χ3n) is 7.66. The molecule has 2 aromatic rings. The number of esters is 1. The summed E-state index contributed by atoms with van der Waals surface area (Å²) in [6.45, 7) is 4.69. The fourth-order valence-corrected chi connectivity index (χ4v) is 5.90. The summed E-state index contributed by atoms with van der Waals surface area (Å²) in [4.78, 5) is 42.5. The molecule has 39 heavy (non-hydrogen) atoms. The molecule has 3 aliphatic heterocycles. The zero-order chi connectivity index (χ0) is 27.9. The van der Waals surface area contributed by atoms with Crippen molar-refractivity contribution in [1.82, 2.24) is 4.90 Å². The molecule has 2 fully saturated rings. The van der Waals surface area contributed by atoms with Crippen LogP contribution in [0.5, 0.6) is 11.5 Å². The van der Waals surface area contributed by atoms with Crippen molar-refractivity contribution in [3.05, 3.63) is 63.8 Å². The van der Waals surface area contributed by atoms with E-state index in [9.17, 15) is 34.8 Å². The molecule has 0 amide bonds. The second kappa shape index (κ2) is 8.88. The molecule has 3 heterocycles. The number of phenols is 1. The molecule has 2 aromatic carbocycles. The number of hydrogen-bond acceptors (Lipinski definition) is 11. The third kappa shape index (κ3) is 3.69. The van der Waals surface area contributed by atoms with Gasteiger partial charge >= 0.3 is 5.97 Å². The average Bonchev–Trinajstić information content (AvgIpc) is 3.22. The number of rotatable bonds is 3. The molecule has 4 aliphatic rings. The normalized spacial score (nSPS) is 30.3. The number of allylic oxidation sites excluding steroid dienone is 2. The molecular formula is C28H27NO10. The summed E-state index contributed by atoms with van der Waals surface area (Å²) in [5.41, 5.74) is 0.709. The van der Waals surface area contributed by atoms with Crippen LogP contribution in [0.15, 0.2) is 36.0 Å². The number of fused-ring (bicyclic) bond motifs is 6. The maximum Gasteiger partial charge on any atom is 0.333 e. The maximum atomic E-state index is 14.3. The summed E-state index contributed by atoms with van der Waals surface area (Å²) in [6, 6.07) is 6.32. The Labute approximate surface area is 222 Å². The summed E-state index contributed by atoms with van der Waals surface area (Å²) in [5, 5.41) is 41.6. The Balaban J connectivity index is 1.52. The first-order chi connectivity index (χ1) is 18.5. The van der Waals surface area contributed by atoms with Crippen LogP contribution in [0.2, 0.25) is 0 Å². The summed E-state index contributed by atoms with van der Waals surface area (Å²) in [7, 11) is 0. The number of aliphatic hydroxyl groups is 3. The molecule has 6 rings (SSSR count). The van der Waals surface area contributed by atoms with E-state index in [1.54, 1.807) is 19.9 Å². The number of nitrogens with zero attached hydrogens (tertiary/aromatic N) is 1. The van der Waals surface area contributed by atoms with Crippen molar-refractivity contribution in [1.29, 1.82) is 0 Å². The second-order valence-corrected chi connectivity index (χ2v) is 10.4. The molecule has 0 saturated carbocycles. The van der Waals surface area contributed by atoms with Crippen LogP contribution in [-0.2, 0) is 14.3 Å². The van der Waals surface area contributed by atoms with E-state index in [0.717, 1.165) is 0 Å². The van der Waals surface area contributed by atoms with Gasteiger partial charge in [-0.1, -0.05) is 12.1 Å². The third-order valence-corrected chi connectivity index (χ3v) is 7.66. The van der Waals surface area contributed by atoms with E-state index in [4.69, 9.17) is 14.2 Å². The van der Waals surface area contributed by atoms with E-state index < -0.39 is 60.5 Å². The minimum atomic E-state index is -1.28. The number of ketones is 2. The van der Waals surface area contributed by atoms with E-state index in [1.165, 1.54) is 36.1 Å². The highest BCUT2D eigenvalue weighted by molar-refractivity contribution is 6.41. The van der Waals surface area contributed by atoms with Gasteiger partial charge in [0.15, 0.2) is 11.8 Å². The summed E-state index contributed by atoms with van der Waals surface area (Å²) < 4.78 is 17.2. The first kappa shape index (κ1) is 25.5. The number of benzene rings is 2. The number of aliphatic hydroxyl groups excluding tert-OH is 3. The van der Waals surface area contributed by atoms with E-state index in [0.29, 0.717) is 11.1 Å². The van der Waals surface area contributed by atoms with Crippen molar-refractivity contribution in [3.63, 3.8) is 0 Å². The lowest BCUT2D eigenvalue weighted by Gasteiger charge is -2.40. The lowest BCUT2D eigenvalue weighted by Crippen LogP contribution is -2.49. The zero-order valence-corrected chi connectivity index (χ0v) is 21.3. The van der Waals surface area contributed by atoms with Gasteiger partial charge in [-0.2, -0.15) is 0 Å². The van der Waals surface area contributed by atoms with Crippen molar-refractivity contribution in [2.75, 3.05) is 0 Å². The van der Waals surface area contributed by atoms with E-state index in [-0.39, 0.29) is 45.9 Å². The Kier molecular flexibility index (Phi) is 5.81. The Morgan fingerprint density at radius 3 is 2.54 bits per heavy atom. The van der Waals surface area contributed by atoms with Gasteiger partial charge in [-0.25, -0.2) is 4.79 Å². The van der Waals surface area contributed by atoms with Gasteiger partial charge in [0, 0.05) is 23.1 Å². The maximum absolute atomic E-state index is 14.3. The van der Waals surface area contributed by atoms with E-state index in [2.05, 4.69) is 0 Å². The molecule has 1 aliphatic carbocycles. The van der Waals surface area contributed by atoms with Crippen LogP contribution >= 0.6 is 0 Å². The second-order valence-electron chi connectivity index (χ2n) is 10.4. The predicted octanol–water partition coefficient (Wildman–Crippen LogP) is 1.35. The number of aryl methyl sites for hydroxylation is 1. The molecule has 204 valence electrons. The first-order valence-corrected chi connectivity index (χ1v) is 12.6. The number of hydrogen-bond donors (Lipinski definition) is 4. The number of ether oxygens (including phenoxy) is 3. The standard InChI is InChI=1S/C28H27NO10/c1-10-7-14-19(15(31)8-10)21-23(29-22(11(2)30)28(36)39-27(14)29)26(35)20-13(25(21)34)5-4-6-17(20)38-18-9-16(32)24(33)12(3)37-18/h4-8,11-12,16,18,22,24,27,30-33H,9H2,1-3H3/t11-,12+,16-,18+,22+,24+,27-/m1/s1. The minimum Gasteiger partial charge on any atom is -0.507 e. The molecule has 0 unspecified atom stereocenters. The number of aromatic hydroxyl groups is 1. The summed E-state index contributed by atoms with van der Waals surface area (Å²) >= 11 is 0. The van der Waals surface area contributed by atoms with Crippen LogP contribution < -0.4 is 4.74 Å². The molecule has 11 nitrogen and oxygen atoms in total. The number of carbonyl (C=O) groups excluding carboxylic acids is 3. The van der Waals surface area contributed by atoms with Crippen LogP contribution in [-0.4, -0.2) is 79.6 Å². The van der Waals surface area contributed by atoms with Gasteiger partial charge in [-0.05, 0) is 44.5 Å². The van der Waals surface area contributed by atoms with E-state index in [1.807, 2.05) is 0 Å². The van der Waals surface area contributed by atoms with Gasteiger partial charge in [0.05, 0.1) is 29.4 Å². The van der Waals surface area contributed by atoms with Crippen LogP contribution in [0.1, 0.15) is 63.9 Å². The van der Waals surface area contributed by atoms with Crippen LogP contribution in [0, 0.1) is 6.92 Å². The highest BCUT2D eigenvalue weighted by atomic mass is 16.7. The van der Waals surface area contributed by atoms with E-state index >= 15 is 0 Å². The lowest BCUT2D eigenvalue weighted by molar-refractivity contribution is -0.216. The monoisotopic (exact) mass is 537 g/mol. The van der Waals surface area contributed by atoms with Crippen molar-refractivity contribution in [2.24, 2.45) is 0 Å². The Morgan fingerprint density at radius 1 is 1.10 bits per heavy atom. The summed E-state index contributed by atoms with van der Waals surface area (Å²) in [5.74, 6) is -2.26. The molecule has 2 saturated heterocycles.